The number of fused-ring (bicyclic) bond motifs is 1. The number of rotatable bonds is 4. The van der Waals surface area contributed by atoms with Crippen LogP contribution in [-0.2, 0) is 0 Å². The first kappa shape index (κ1) is 17.1. The fourth-order valence-electron chi connectivity index (χ4n) is 3.47. The Morgan fingerprint density at radius 3 is 2.56 bits per heavy atom. The van der Waals surface area contributed by atoms with Crippen molar-refractivity contribution < 1.29 is 9.53 Å². The van der Waals surface area contributed by atoms with Crippen LogP contribution in [0.25, 0.3) is 11.6 Å². The number of nitrogens with zero attached hydrogens (tertiary/aromatic N) is 5. The molecule has 0 spiro atoms. The van der Waals surface area contributed by atoms with Crippen molar-refractivity contribution in [3.63, 3.8) is 0 Å². The molecule has 3 aromatic rings. The van der Waals surface area contributed by atoms with Crippen molar-refractivity contribution in [1.82, 2.24) is 19.9 Å². The number of ether oxygens (including phenoxy) is 1. The van der Waals surface area contributed by atoms with Crippen molar-refractivity contribution in [2.75, 3.05) is 12.0 Å². The number of benzene rings is 1. The van der Waals surface area contributed by atoms with Crippen LogP contribution < -0.4 is 9.64 Å². The summed E-state index contributed by atoms with van der Waals surface area (Å²) in [5, 5.41) is 0. The summed E-state index contributed by atoms with van der Waals surface area (Å²) < 4.78 is 5.44. The van der Waals surface area contributed by atoms with Gasteiger partial charge in [-0.1, -0.05) is 6.92 Å². The van der Waals surface area contributed by atoms with Crippen molar-refractivity contribution in [3.8, 4) is 17.4 Å². The third kappa shape index (κ3) is 2.81. The van der Waals surface area contributed by atoms with Gasteiger partial charge in [0.2, 0.25) is 0 Å². The number of carbonyl (C=O) groups is 1. The summed E-state index contributed by atoms with van der Waals surface area (Å²) >= 11 is 0. The predicted octanol–water partition coefficient (Wildman–Crippen LogP) is 3.36. The van der Waals surface area contributed by atoms with Gasteiger partial charge >= 0.3 is 0 Å². The fraction of sp³-hybridized carbons (Fsp3) is 0.250. The number of aryl methyl sites for hydroxylation is 1. The second-order valence-corrected chi connectivity index (χ2v) is 6.32. The minimum absolute atomic E-state index is 0.0683. The summed E-state index contributed by atoms with van der Waals surface area (Å²) in [4.78, 5) is 32.1. The van der Waals surface area contributed by atoms with Gasteiger partial charge in [-0.2, -0.15) is 0 Å². The highest BCUT2D eigenvalue weighted by molar-refractivity contribution is 6.11. The largest absolute Gasteiger partial charge is 0.496 e. The van der Waals surface area contributed by atoms with Gasteiger partial charge in [0.1, 0.15) is 11.6 Å². The number of hydrogen-bond donors (Lipinski definition) is 0. The van der Waals surface area contributed by atoms with E-state index in [0.717, 1.165) is 23.3 Å². The molecule has 7 nitrogen and oxygen atoms in total. The maximum absolute atomic E-state index is 13.2. The number of amides is 1. The molecule has 0 saturated carbocycles. The van der Waals surface area contributed by atoms with E-state index in [0.29, 0.717) is 23.0 Å². The lowest BCUT2D eigenvalue weighted by molar-refractivity contribution is 0.0990. The number of carbonyl (C=O) groups excluding carboxylic acids is 1. The van der Waals surface area contributed by atoms with Crippen LogP contribution in [0.5, 0.6) is 5.75 Å². The molecule has 1 aromatic carbocycles. The van der Waals surface area contributed by atoms with E-state index in [1.165, 1.54) is 0 Å². The van der Waals surface area contributed by atoms with Crippen molar-refractivity contribution in [3.05, 3.63) is 59.5 Å². The Labute approximate surface area is 157 Å². The standard InChI is InChI=1S/C20H19N5O2/c1-4-15-13-11-16(27-3)12(2)10-14(13)20(26)25(15)17-6-9-23-19(24-17)18-21-7-5-8-22-18/h5-11,15H,4H2,1-3H3/t15-/m0/s1. The molecular formula is C20H19N5O2. The quantitative estimate of drug-likeness (QED) is 0.709. The Bertz CT molecular complexity index is 1010. The van der Waals surface area contributed by atoms with Gasteiger partial charge in [0.05, 0.1) is 13.2 Å². The SMILES string of the molecule is CC[C@H]1c2cc(OC)c(C)cc2C(=O)N1c1ccnc(-c2ncccn2)n1. The van der Waals surface area contributed by atoms with Crippen LogP contribution in [0.3, 0.4) is 0 Å². The van der Waals surface area contributed by atoms with Gasteiger partial charge in [-0.25, -0.2) is 19.9 Å². The molecule has 0 saturated heterocycles. The van der Waals surface area contributed by atoms with Gasteiger partial charge in [0.25, 0.3) is 5.91 Å². The van der Waals surface area contributed by atoms with Crippen LogP contribution >= 0.6 is 0 Å². The first-order valence-corrected chi connectivity index (χ1v) is 8.76. The van der Waals surface area contributed by atoms with Crippen molar-refractivity contribution in [2.45, 2.75) is 26.3 Å². The lowest BCUT2D eigenvalue weighted by Gasteiger charge is -2.23. The first-order valence-electron chi connectivity index (χ1n) is 8.76. The highest BCUT2D eigenvalue weighted by Crippen LogP contribution is 2.41. The Balaban J connectivity index is 1.79. The molecule has 1 aliphatic rings. The highest BCUT2D eigenvalue weighted by atomic mass is 16.5. The fourth-order valence-corrected chi connectivity index (χ4v) is 3.47. The molecule has 1 amide bonds. The minimum Gasteiger partial charge on any atom is -0.496 e. The van der Waals surface area contributed by atoms with E-state index in [1.54, 1.807) is 42.7 Å². The Morgan fingerprint density at radius 1 is 1.11 bits per heavy atom. The average Bonchev–Trinajstić information content (AvgIpc) is 2.99. The number of aromatic nitrogens is 4. The highest BCUT2D eigenvalue weighted by Gasteiger charge is 2.38. The van der Waals surface area contributed by atoms with Crippen molar-refractivity contribution >= 4 is 11.7 Å². The molecule has 7 heteroatoms. The molecule has 0 unspecified atom stereocenters. The van der Waals surface area contributed by atoms with E-state index in [9.17, 15) is 4.79 Å². The molecule has 0 N–H and O–H groups in total. The molecule has 1 aliphatic heterocycles. The first-order chi connectivity index (χ1) is 13.1. The zero-order valence-electron chi connectivity index (χ0n) is 15.4. The molecule has 1 atom stereocenters. The lowest BCUT2D eigenvalue weighted by Crippen LogP contribution is -2.28. The number of anilines is 1. The zero-order valence-corrected chi connectivity index (χ0v) is 15.4. The smallest absolute Gasteiger partial charge is 0.260 e. The normalized spacial score (nSPS) is 15.7. The molecule has 0 aliphatic carbocycles. The maximum atomic E-state index is 13.2. The predicted molar refractivity (Wildman–Crippen MR) is 101 cm³/mol. The van der Waals surface area contributed by atoms with Gasteiger partial charge in [-0.3, -0.25) is 9.69 Å². The molecule has 0 fully saturated rings. The topological polar surface area (TPSA) is 81.1 Å². The van der Waals surface area contributed by atoms with Crippen molar-refractivity contribution in [1.29, 1.82) is 0 Å². The summed E-state index contributed by atoms with van der Waals surface area (Å²) in [7, 11) is 1.64. The van der Waals surface area contributed by atoms with Crippen LogP contribution in [0.15, 0.2) is 42.9 Å². The third-order valence-electron chi connectivity index (χ3n) is 4.73. The van der Waals surface area contributed by atoms with E-state index >= 15 is 0 Å². The zero-order chi connectivity index (χ0) is 19.0. The van der Waals surface area contributed by atoms with E-state index in [2.05, 4.69) is 26.9 Å². The Morgan fingerprint density at radius 2 is 1.85 bits per heavy atom. The molecule has 3 heterocycles. The number of hydrogen-bond acceptors (Lipinski definition) is 6. The maximum Gasteiger partial charge on any atom is 0.260 e. The minimum atomic E-state index is -0.110. The van der Waals surface area contributed by atoms with Gasteiger partial charge in [0.15, 0.2) is 11.6 Å². The van der Waals surface area contributed by atoms with Crippen LogP contribution in [0.1, 0.15) is 40.9 Å². The van der Waals surface area contributed by atoms with Crippen LogP contribution in [0.4, 0.5) is 5.82 Å². The second-order valence-electron chi connectivity index (χ2n) is 6.32. The molecule has 136 valence electrons. The summed E-state index contributed by atoms with van der Waals surface area (Å²) in [5.41, 5.74) is 2.58. The second kappa shape index (κ2) is 6.75. The van der Waals surface area contributed by atoms with E-state index in [-0.39, 0.29) is 11.9 Å². The monoisotopic (exact) mass is 361 g/mol. The molecule has 2 aromatic heterocycles. The third-order valence-corrected chi connectivity index (χ3v) is 4.73. The van der Waals surface area contributed by atoms with E-state index in [4.69, 9.17) is 4.74 Å². The van der Waals surface area contributed by atoms with E-state index in [1.807, 2.05) is 19.1 Å². The Kier molecular flexibility index (Phi) is 4.27. The van der Waals surface area contributed by atoms with Gasteiger partial charge < -0.3 is 4.74 Å². The summed E-state index contributed by atoms with van der Waals surface area (Å²) in [5.74, 6) is 2.07. The van der Waals surface area contributed by atoms with Gasteiger partial charge in [0, 0.05) is 24.2 Å². The van der Waals surface area contributed by atoms with Gasteiger partial charge in [-0.15, -0.1) is 0 Å². The summed E-state index contributed by atoms with van der Waals surface area (Å²) in [6.45, 7) is 3.99. The molecule has 0 bridgehead atoms. The van der Waals surface area contributed by atoms with E-state index < -0.39 is 0 Å². The summed E-state index contributed by atoms with van der Waals surface area (Å²) in [6.07, 6.45) is 5.66. The molecular weight excluding hydrogens is 342 g/mol. The van der Waals surface area contributed by atoms with Gasteiger partial charge in [-0.05, 0) is 48.7 Å². The number of methoxy groups -OCH3 is 1. The van der Waals surface area contributed by atoms with Crippen LogP contribution in [0.2, 0.25) is 0 Å². The van der Waals surface area contributed by atoms with Crippen LogP contribution in [0, 0.1) is 6.92 Å². The molecule has 0 radical (unpaired) electrons. The van der Waals surface area contributed by atoms with Crippen molar-refractivity contribution in [2.24, 2.45) is 0 Å². The lowest BCUT2D eigenvalue weighted by atomic mass is 10.00. The Hall–Kier alpha value is -3.35. The average molecular weight is 361 g/mol. The summed E-state index contributed by atoms with van der Waals surface area (Å²) in [6, 6.07) is 7.21. The molecule has 4 rings (SSSR count). The molecule has 27 heavy (non-hydrogen) atoms. The van der Waals surface area contributed by atoms with Crippen LogP contribution in [-0.4, -0.2) is 33.0 Å².